The summed E-state index contributed by atoms with van der Waals surface area (Å²) in [6.45, 7) is 5.48. The number of nitrogens with one attached hydrogen (secondary N) is 1. The average molecular weight is 472 g/mol. The van der Waals surface area contributed by atoms with E-state index in [0.717, 1.165) is 41.6 Å². The second kappa shape index (κ2) is 8.73. The van der Waals surface area contributed by atoms with Gasteiger partial charge in [0.25, 0.3) is 5.91 Å². The zero-order valence-electron chi connectivity index (χ0n) is 20.2. The lowest BCUT2D eigenvalue weighted by molar-refractivity contribution is -0.120. The first kappa shape index (κ1) is 22.9. The smallest absolute Gasteiger partial charge is 0.408 e. The number of carbonyl (C=O) groups excluding carboxylic acids is 2. The maximum Gasteiger partial charge on any atom is 0.408 e. The Labute approximate surface area is 205 Å². The number of pyridine rings is 1. The number of nitrogens with zero attached hydrogens (tertiary/aromatic N) is 2. The molecule has 5 rings (SSSR count). The number of hydrogen-bond acceptors (Lipinski definition) is 5. The molecule has 1 aromatic heterocycles. The molecular weight excluding hydrogens is 442 g/mol. The number of rotatable bonds is 4. The zero-order valence-corrected chi connectivity index (χ0v) is 20.2. The molecule has 1 saturated carbocycles. The minimum Gasteiger partial charge on any atom is -0.466 e. The van der Waals surface area contributed by atoms with Gasteiger partial charge in [0.1, 0.15) is 11.3 Å². The fraction of sp³-hybridized carbons (Fsp3) is 0.321. The van der Waals surface area contributed by atoms with Gasteiger partial charge in [0.05, 0.1) is 5.54 Å². The Bertz CT molecular complexity index is 1250. The van der Waals surface area contributed by atoms with Crippen LogP contribution in [0.25, 0.3) is 11.1 Å². The maximum absolute atomic E-state index is 12.9. The molecule has 0 unspecified atom stereocenters. The molecule has 0 radical (unpaired) electrons. The molecule has 7 nitrogen and oxygen atoms in total. The highest BCUT2D eigenvalue weighted by atomic mass is 16.6. The van der Waals surface area contributed by atoms with Crippen LogP contribution in [0.3, 0.4) is 0 Å². The minimum absolute atomic E-state index is 0.0728. The Kier molecular flexibility index (Phi) is 5.71. The van der Waals surface area contributed by atoms with Gasteiger partial charge in [-0.1, -0.05) is 42.5 Å². The molecule has 3 aromatic rings. The summed E-state index contributed by atoms with van der Waals surface area (Å²) in [6.07, 6.45) is 4.05. The van der Waals surface area contributed by atoms with Crippen LogP contribution >= 0.6 is 0 Å². The Morgan fingerprint density at radius 2 is 1.77 bits per heavy atom. The minimum atomic E-state index is -0.560. The molecule has 1 fully saturated rings. The SMILES string of the molecule is CC(C)(C)OC(=O)NC1(c2ccc(N3C(=O)COc4ncc(-c5ccccc5)cc43)cc2)CCC1. The van der Waals surface area contributed by atoms with Crippen LogP contribution < -0.4 is 15.0 Å². The van der Waals surface area contributed by atoms with Crippen LogP contribution in [0.15, 0.2) is 66.9 Å². The number of alkyl carbamates (subject to hydrolysis) is 1. The van der Waals surface area contributed by atoms with Gasteiger partial charge in [-0.25, -0.2) is 9.78 Å². The Morgan fingerprint density at radius 3 is 2.40 bits per heavy atom. The van der Waals surface area contributed by atoms with Crippen LogP contribution in [0.5, 0.6) is 5.88 Å². The highest BCUT2D eigenvalue weighted by molar-refractivity contribution is 6.04. The number of hydrogen-bond donors (Lipinski definition) is 1. The summed E-state index contributed by atoms with van der Waals surface area (Å²) >= 11 is 0. The quantitative estimate of drug-likeness (QED) is 0.527. The van der Waals surface area contributed by atoms with Gasteiger partial charge < -0.3 is 14.8 Å². The van der Waals surface area contributed by atoms with Crippen molar-refractivity contribution in [1.29, 1.82) is 0 Å². The van der Waals surface area contributed by atoms with E-state index >= 15 is 0 Å². The van der Waals surface area contributed by atoms with Crippen molar-refractivity contribution in [1.82, 2.24) is 10.3 Å². The molecule has 2 aromatic carbocycles. The normalized spacial score (nSPS) is 16.5. The van der Waals surface area contributed by atoms with Gasteiger partial charge in [0.15, 0.2) is 6.61 Å². The van der Waals surface area contributed by atoms with E-state index in [-0.39, 0.29) is 12.5 Å². The first-order chi connectivity index (χ1) is 16.7. The molecule has 0 saturated heterocycles. The van der Waals surface area contributed by atoms with Crippen molar-refractivity contribution < 1.29 is 19.1 Å². The largest absolute Gasteiger partial charge is 0.466 e. The van der Waals surface area contributed by atoms with Gasteiger partial charge in [0.2, 0.25) is 5.88 Å². The lowest BCUT2D eigenvalue weighted by Gasteiger charge is -2.43. The highest BCUT2D eigenvalue weighted by Gasteiger charge is 2.41. The van der Waals surface area contributed by atoms with Crippen molar-refractivity contribution in [3.8, 4) is 17.0 Å². The third-order valence-corrected chi connectivity index (χ3v) is 6.39. The molecule has 0 spiro atoms. The Morgan fingerprint density at radius 1 is 1.06 bits per heavy atom. The third-order valence-electron chi connectivity index (χ3n) is 6.39. The summed E-state index contributed by atoms with van der Waals surface area (Å²) in [7, 11) is 0. The number of ether oxygens (including phenoxy) is 2. The maximum atomic E-state index is 12.9. The molecule has 35 heavy (non-hydrogen) atoms. The van der Waals surface area contributed by atoms with Crippen LogP contribution in [0.4, 0.5) is 16.2 Å². The van der Waals surface area contributed by atoms with E-state index in [9.17, 15) is 9.59 Å². The molecule has 2 aliphatic rings. The van der Waals surface area contributed by atoms with E-state index < -0.39 is 17.2 Å². The van der Waals surface area contributed by atoms with Crippen molar-refractivity contribution in [3.63, 3.8) is 0 Å². The molecule has 2 heterocycles. The van der Waals surface area contributed by atoms with Crippen molar-refractivity contribution in [2.45, 2.75) is 51.2 Å². The number of anilines is 2. The zero-order chi connectivity index (χ0) is 24.6. The molecular formula is C28H29N3O4. The van der Waals surface area contributed by atoms with E-state index in [4.69, 9.17) is 9.47 Å². The van der Waals surface area contributed by atoms with E-state index in [2.05, 4.69) is 10.3 Å². The summed E-state index contributed by atoms with van der Waals surface area (Å²) in [5, 5.41) is 3.08. The van der Waals surface area contributed by atoms with Gasteiger partial charge in [-0.05, 0) is 69.4 Å². The van der Waals surface area contributed by atoms with E-state index in [1.165, 1.54) is 0 Å². The monoisotopic (exact) mass is 471 g/mol. The number of aromatic nitrogens is 1. The van der Waals surface area contributed by atoms with Gasteiger partial charge in [-0.2, -0.15) is 0 Å². The molecule has 1 aliphatic heterocycles. The van der Waals surface area contributed by atoms with Crippen LogP contribution in [0, 0.1) is 0 Å². The number of fused-ring (bicyclic) bond motifs is 1. The lowest BCUT2D eigenvalue weighted by atomic mass is 9.72. The molecule has 0 atom stereocenters. The predicted molar refractivity (Wildman–Crippen MR) is 134 cm³/mol. The Hall–Kier alpha value is -3.87. The highest BCUT2D eigenvalue weighted by Crippen LogP contribution is 2.43. The first-order valence-corrected chi connectivity index (χ1v) is 11.9. The molecule has 2 amide bonds. The fourth-order valence-corrected chi connectivity index (χ4v) is 4.56. The van der Waals surface area contributed by atoms with Gasteiger partial charge in [-0.3, -0.25) is 9.69 Å². The van der Waals surface area contributed by atoms with Gasteiger partial charge >= 0.3 is 6.09 Å². The van der Waals surface area contributed by atoms with Gasteiger partial charge in [0, 0.05) is 17.4 Å². The van der Waals surface area contributed by atoms with Crippen LogP contribution in [0.2, 0.25) is 0 Å². The summed E-state index contributed by atoms with van der Waals surface area (Å²) in [5.41, 5.74) is 3.24. The van der Waals surface area contributed by atoms with E-state index in [1.807, 2.05) is 81.4 Å². The topological polar surface area (TPSA) is 80.8 Å². The van der Waals surface area contributed by atoms with E-state index in [0.29, 0.717) is 11.6 Å². The molecule has 1 aliphatic carbocycles. The first-order valence-electron chi connectivity index (χ1n) is 11.9. The molecule has 0 bridgehead atoms. The third kappa shape index (κ3) is 4.58. The van der Waals surface area contributed by atoms with Crippen LogP contribution in [-0.4, -0.2) is 29.2 Å². The second-order valence-electron chi connectivity index (χ2n) is 10.0. The van der Waals surface area contributed by atoms with Crippen molar-refractivity contribution >= 4 is 23.4 Å². The molecule has 7 heteroatoms. The summed E-state index contributed by atoms with van der Waals surface area (Å²) in [4.78, 5) is 31.5. The average Bonchev–Trinajstić information content (AvgIpc) is 2.81. The van der Waals surface area contributed by atoms with Crippen molar-refractivity contribution in [2.75, 3.05) is 11.5 Å². The predicted octanol–water partition coefficient (Wildman–Crippen LogP) is 5.71. The number of amides is 2. The number of benzene rings is 2. The van der Waals surface area contributed by atoms with Gasteiger partial charge in [-0.15, -0.1) is 0 Å². The molecule has 180 valence electrons. The van der Waals surface area contributed by atoms with Crippen molar-refractivity contribution in [2.24, 2.45) is 0 Å². The van der Waals surface area contributed by atoms with E-state index in [1.54, 1.807) is 11.1 Å². The van der Waals surface area contributed by atoms with Crippen molar-refractivity contribution in [3.05, 3.63) is 72.4 Å². The second-order valence-corrected chi connectivity index (χ2v) is 10.0. The van der Waals surface area contributed by atoms with Crippen LogP contribution in [0.1, 0.15) is 45.6 Å². The standard InChI is InChI=1S/C28H29N3O4/c1-27(2,3)35-26(33)30-28(14-7-15-28)21-10-12-22(13-11-21)31-23-16-20(19-8-5-4-6-9-19)17-29-25(23)34-18-24(31)32/h4-6,8-13,16-17H,7,14-15,18H2,1-3H3,(H,30,33). The fourth-order valence-electron chi connectivity index (χ4n) is 4.56. The summed E-state index contributed by atoms with van der Waals surface area (Å²) in [6, 6.07) is 19.6. The lowest BCUT2D eigenvalue weighted by Crippen LogP contribution is -2.52. The van der Waals surface area contributed by atoms with Crippen LogP contribution in [-0.2, 0) is 15.1 Å². The summed E-state index contributed by atoms with van der Waals surface area (Å²) < 4.78 is 11.1. The summed E-state index contributed by atoms with van der Waals surface area (Å²) in [5.74, 6) is 0.262. The number of carbonyl (C=O) groups is 2. The molecule has 1 N–H and O–H groups in total. The Balaban J connectivity index is 1.43.